The first-order valence-corrected chi connectivity index (χ1v) is 18.6. The molecule has 0 unspecified atom stereocenters. The van der Waals surface area contributed by atoms with E-state index in [1.165, 1.54) is 90.4 Å². The Morgan fingerprint density at radius 3 is 2.10 bits per heavy atom. The summed E-state index contributed by atoms with van der Waals surface area (Å²) in [6, 6.07) is 30.6. The quantitative estimate of drug-likeness (QED) is 0.164. The highest BCUT2D eigenvalue weighted by atomic mass is 16.5. The molecule has 6 aromatic rings. The maximum atomic E-state index is 6.86. The molecule has 3 aliphatic rings. The Morgan fingerprint density at radius 2 is 1.40 bits per heavy atom. The van der Waals surface area contributed by atoms with Crippen molar-refractivity contribution in [1.29, 1.82) is 0 Å². The SMILES string of the molecule is Cc1cc2c3c(c1)N(c1ccc(C(C)(C)C)cc1)c1c(ccc4c1c1ccc5c(c1n4C(C)(C)C)CCC5)B3c1cc(C(C)(C)C)ccc1O2. The lowest BCUT2D eigenvalue weighted by Crippen LogP contribution is -2.59. The Hall–Kier alpha value is -4.44. The molecule has 0 fully saturated rings. The van der Waals surface area contributed by atoms with Gasteiger partial charge in [0.1, 0.15) is 11.5 Å². The van der Waals surface area contributed by atoms with Gasteiger partial charge in [-0.1, -0.05) is 84.0 Å². The molecular formula is C46H49BN2O. The topological polar surface area (TPSA) is 17.4 Å². The molecule has 252 valence electrons. The van der Waals surface area contributed by atoms with E-state index in [1.807, 2.05) is 0 Å². The summed E-state index contributed by atoms with van der Waals surface area (Å²) in [6.45, 7) is 23.2. The van der Waals surface area contributed by atoms with E-state index in [1.54, 1.807) is 5.56 Å². The van der Waals surface area contributed by atoms with Gasteiger partial charge in [0.15, 0.2) is 0 Å². The van der Waals surface area contributed by atoms with Crippen molar-refractivity contribution in [3.63, 3.8) is 0 Å². The number of ether oxygens (including phenoxy) is 1. The predicted octanol–water partition coefficient (Wildman–Crippen LogP) is 10.3. The van der Waals surface area contributed by atoms with E-state index in [-0.39, 0.29) is 23.1 Å². The molecule has 0 spiro atoms. The van der Waals surface area contributed by atoms with E-state index in [4.69, 9.17) is 4.74 Å². The molecule has 3 heterocycles. The van der Waals surface area contributed by atoms with Crippen LogP contribution in [0.25, 0.3) is 21.8 Å². The molecule has 9 rings (SSSR count). The summed E-state index contributed by atoms with van der Waals surface area (Å²) < 4.78 is 9.52. The first-order chi connectivity index (χ1) is 23.6. The lowest BCUT2D eigenvalue weighted by molar-refractivity contribution is 0.422. The monoisotopic (exact) mass is 656 g/mol. The van der Waals surface area contributed by atoms with Crippen molar-refractivity contribution in [1.82, 2.24) is 4.57 Å². The van der Waals surface area contributed by atoms with E-state index in [0.29, 0.717) is 0 Å². The standard InChI is InChI=1S/C46H49BN2O/c1-27-24-37-41-39(25-27)50-38-23-17-30(45(5,6)7)26-35(38)47(41)34-21-22-36-40(43(34)48(37)31-18-15-29(16-19-31)44(2,3)4)33-20-14-28-12-11-13-32(28)42(33)49(36)46(8,9)10/h14-26H,11-13H2,1-10H3. The average Bonchev–Trinajstić information content (AvgIpc) is 3.66. The summed E-state index contributed by atoms with van der Waals surface area (Å²) >= 11 is 0. The number of anilines is 3. The molecule has 0 radical (unpaired) electrons. The first-order valence-electron chi connectivity index (χ1n) is 18.6. The van der Waals surface area contributed by atoms with E-state index >= 15 is 0 Å². The number of nitrogens with zero attached hydrogens (tertiary/aromatic N) is 2. The van der Waals surface area contributed by atoms with Gasteiger partial charge in [-0.3, -0.25) is 0 Å². The van der Waals surface area contributed by atoms with Crippen molar-refractivity contribution < 1.29 is 4.74 Å². The molecule has 1 aliphatic carbocycles. The third-order valence-corrected chi connectivity index (χ3v) is 11.6. The number of aromatic nitrogens is 1. The van der Waals surface area contributed by atoms with Crippen LogP contribution < -0.4 is 26.0 Å². The molecular weight excluding hydrogens is 607 g/mol. The number of hydrogen-bond donors (Lipinski definition) is 0. The lowest BCUT2D eigenvalue weighted by atomic mass is 9.34. The summed E-state index contributed by atoms with van der Waals surface area (Å²) in [5.41, 5.74) is 17.3. The third kappa shape index (κ3) is 4.49. The smallest absolute Gasteiger partial charge is 0.256 e. The van der Waals surface area contributed by atoms with Gasteiger partial charge in [0, 0.05) is 27.7 Å². The molecule has 0 amide bonds. The summed E-state index contributed by atoms with van der Waals surface area (Å²) in [4.78, 5) is 2.58. The van der Waals surface area contributed by atoms with Crippen LogP contribution in [0.2, 0.25) is 0 Å². The van der Waals surface area contributed by atoms with Crippen LogP contribution in [-0.2, 0) is 29.2 Å². The fraction of sp³-hybridized carbons (Fsp3) is 0.348. The summed E-state index contributed by atoms with van der Waals surface area (Å²) in [7, 11) is 0. The zero-order chi connectivity index (χ0) is 35.1. The van der Waals surface area contributed by atoms with Gasteiger partial charge in [0.25, 0.3) is 6.71 Å². The van der Waals surface area contributed by atoms with E-state index in [0.717, 1.165) is 17.9 Å². The Bertz CT molecular complexity index is 2390. The Labute approximate surface area is 298 Å². The highest BCUT2D eigenvalue weighted by Gasteiger charge is 2.44. The number of benzene rings is 5. The predicted molar refractivity (Wildman–Crippen MR) is 214 cm³/mol. The van der Waals surface area contributed by atoms with Gasteiger partial charge in [0.2, 0.25) is 0 Å². The van der Waals surface area contributed by atoms with E-state index < -0.39 is 0 Å². The van der Waals surface area contributed by atoms with Gasteiger partial charge in [0.05, 0.1) is 16.7 Å². The van der Waals surface area contributed by atoms with Gasteiger partial charge in [-0.2, -0.15) is 0 Å². The molecule has 0 bridgehead atoms. The van der Waals surface area contributed by atoms with Gasteiger partial charge in [-0.15, -0.1) is 0 Å². The molecule has 1 aromatic heterocycles. The molecule has 0 saturated carbocycles. The second kappa shape index (κ2) is 10.3. The number of hydrogen-bond acceptors (Lipinski definition) is 2. The van der Waals surface area contributed by atoms with Crippen LogP contribution >= 0.6 is 0 Å². The highest BCUT2D eigenvalue weighted by Crippen LogP contribution is 2.49. The van der Waals surface area contributed by atoms with Crippen molar-refractivity contribution in [2.24, 2.45) is 0 Å². The van der Waals surface area contributed by atoms with Gasteiger partial charge < -0.3 is 14.2 Å². The Kier molecular flexibility index (Phi) is 6.50. The van der Waals surface area contributed by atoms with Crippen LogP contribution in [0.15, 0.2) is 78.9 Å². The fourth-order valence-electron chi connectivity index (χ4n) is 9.18. The minimum atomic E-state index is -0.0889. The van der Waals surface area contributed by atoms with Gasteiger partial charge in [-0.25, -0.2) is 0 Å². The van der Waals surface area contributed by atoms with E-state index in [9.17, 15) is 0 Å². The maximum absolute atomic E-state index is 6.86. The van der Waals surface area contributed by atoms with Crippen molar-refractivity contribution in [3.05, 3.63) is 107 Å². The molecule has 0 saturated heterocycles. The van der Waals surface area contributed by atoms with Crippen molar-refractivity contribution >= 4 is 62.0 Å². The number of fused-ring (bicyclic) bond motifs is 10. The molecule has 0 N–H and O–H groups in total. The molecule has 5 aromatic carbocycles. The van der Waals surface area contributed by atoms with Gasteiger partial charge >= 0.3 is 0 Å². The minimum absolute atomic E-state index is 0.0220. The van der Waals surface area contributed by atoms with Crippen molar-refractivity contribution in [2.75, 3.05) is 4.90 Å². The second-order valence-electron chi connectivity index (χ2n) is 18.2. The maximum Gasteiger partial charge on any atom is 0.256 e. The van der Waals surface area contributed by atoms with Crippen LogP contribution in [0.5, 0.6) is 11.5 Å². The van der Waals surface area contributed by atoms with Crippen LogP contribution in [0, 0.1) is 6.92 Å². The molecule has 2 aliphatic heterocycles. The first kappa shape index (κ1) is 31.5. The summed E-state index contributed by atoms with van der Waals surface area (Å²) in [6.07, 6.45) is 3.55. The zero-order valence-electron chi connectivity index (χ0n) is 31.5. The molecule has 3 nitrogen and oxygen atoms in total. The van der Waals surface area contributed by atoms with Crippen LogP contribution in [0.4, 0.5) is 17.1 Å². The average molecular weight is 657 g/mol. The minimum Gasteiger partial charge on any atom is -0.458 e. The second-order valence-corrected chi connectivity index (χ2v) is 18.2. The Morgan fingerprint density at radius 1 is 0.680 bits per heavy atom. The molecule has 4 heteroatoms. The largest absolute Gasteiger partial charge is 0.458 e. The summed E-state index contributed by atoms with van der Waals surface area (Å²) in [5, 5.41) is 2.73. The van der Waals surface area contributed by atoms with Crippen LogP contribution in [0.3, 0.4) is 0 Å². The summed E-state index contributed by atoms with van der Waals surface area (Å²) in [5.74, 6) is 1.94. The van der Waals surface area contributed by atoms with Crippen LogP contribution in [0.1, 0.15) is 96.6 Å². The van der Waals surface area contributed by atoms with Crippen LogP contribution in [-0.4, -0.2) is 11.3 Å². The number of rotatable bonds is 1. The third-order valence-electron chi connectivity index (χ3n) is 11.6. The van der Waals surface area contributed by atoms with Crippen molar-refractivity contribution in [2.45, 2.75) is 105 Å². The fourth-order valence-corrected chi connectivity index (χ4v) is 9.18. The normalized spacial score (nSPS) is 15.2. The van der Waals surface area contributed by atoms with Crippen molar-refractivity contribution in [3.8, 4) is 11.5 Å². The highest BCUT2D eigenvalue weighted by molar-refractivity contribution is 6.99. The van der Waals surface area contributed by atoms with Gasteiger partial charge in [-0.05, 0) is 138 Å². The lowest BCUT2D eigenvalue weighted by Gasteiger charge is -2.41. The zero-order valence-corrected chi connectivity index (χ0v) is 31.5. The molecule has 50 heavy (non-hydrogen) atoms. The Balaban J connectivity index is 1.45. The van der Waals surface area contributed by atoms with E-state index in [2.05, 4.69) is 158 Å². The number of aryl methyl sites for hydroxylation is 3. The molecule has 0 atom stereocenters.